The molecular weight excluding hydrogens is 280 g/mol. The van der Waals surface area contributed by atoms with Gasteiger partial charge >= 0.3 is 5.97 Å². The highest BCUT2D eigenvalue weighted by molar-refractivity contribution is 6.01. The van der Waals surface area contributed by atoms with E-state index in [0.29, 0.717) is 0 Å². The number of aliphatic carboxylic acids is 1. The van der Waals surface area contributed by atoms with Crippen molar-refractivity contribution in [2.45, 2.75) is 26.3 Å². The SMILES string of the molecule is CCOc1cccc([N+](=O)[O-])c1C(=O)NC(C)CC(=O)O. The van der Waals surface area contributed by atoms with Gasteiger partial charge in [-0.05, 0) is 19.9 Å². The zero-order valence-electron chi connectivity index (χ0n) is 11.7. The van der Waals surface area contributed by atoms with Gasteiger partial charge in [-0.15, -0.1) is 0 Å². The molecule has 0 heterocycles. The van der Waals surface area contributed by atoms with Crippen molar-refractivity contribution in [3.05, 3.63) is 33.9 Å². The summed E-state index contributed by atoms with van der Waals surface area (Å²) < 4.78 is 5.23. The minimum Gasteiger partial charge on any atom is -0.493 e. The van der Waals surface area contributed by atoms with Gasteiger partial charge in [-0.3, -0.25) is 19.7 Å². The van der Waals surface area contributed by atoms with Crippen molar-refractivity contribution in [2.75, 3.05) is 6.61 Å². The number of nitrogens with zero attached hydrogens (tertiary/aromatic N) is 1. The number of rotatable bonds is 7. The molecule has 8 heteroatoms. The van der Waals surface area contributed by atoms with Crippen LogP contribution in [0.5, 0.6) is 5.75 Å². The van der Waals surface area contributed by atoms with Crippen LogP contribution in [0.4, 0.5) is 5.69 Å². The fourth-order valence-electron chi connectivity index (χ4n) is 1.78. The molecule has 0 aliphatic rings. The van der Waals surface area contributed by atoms with Crippen molar-refractivity contribution in [1.29, 1.82) is 0 Å². The van der Waals surface area contributed by atoms with E-state index in [1.54, 1.807) is 6.92 Å². The van der Waals surface area contributed by atoms with Gasteiger partial charge in [0.15, 0.2) is 5.56 Å². The number of nitro benzene ring substituents is 1. The largest absolute Gasteiger partial charge is 0.493 e. The number of carboxylic acids is 1. The molecule has 2 N–H and O–H groups in total. The number of hydrogen-bond acceptors (Lipinski definition) is 5. The van der Waals surface area contributed by atoms with Crippen LogP contribution < -0.4 is 10.1 Å². The van der Waals surface area contributed by atoms with Gasteiger partial charge in [0.1, 0.15) is 5.75 Å². The van der Waals surface area contributed by atoms with Crippen LogP contribution in [0.2, 0.25) is 0 Å². The molecule has 0 spiro atoms. The van der Waals surface area contributed by atoms with Crippen LogP contribution in [-0.2, 0) is 4.79 Å². The van der Waals surface area contributed by atoms with Crippen LogP contribution in [0.1, 0.15) is 30.6 Å². The van der Waals surface area contributed by atoms with Crippen molar-refractivity contribution in [3.8, 4) is 5.75 Å². The van der Waals surface area contributed by atoms with E-state index in [9.17, 15) is 19.7 Å². The maximum absolute atomic E-state index is 12.2. The topological polar surface area (TPSA) is 119 Å². The molecule has 1 unspecified atom stereocenters. The molecule has 0 aromatic heterocycles. The van der Waals surface area contributed by atoms with Crippen molar-refractivity contribution >= 4 is 17.6 Å². The van der Waals surface area contributed by atoms with Crippen LogP contribution in [0.15, 0.2) is 18.2 Å². The Morgan fingerprint density at radius 3 is 2.67 bits per heavy atom. The molecule has 21 heavy (non-hydrogen) atoms. The van der Waals surface area contributed by atoms with Gasteiger partial charge in [0.05, 0.1) is 18.0 Å². The van der Waals surface area contributed by atoms with Crippen molar-refractivity contribution in [1.82, 2.24) is 5.32 Å². The predicted octanol–water partition coefficient (Wildman–Crippen LogP) is 1.59. The second kappa shape index (κ2) is 7.22. The van der Waals surface area contributed by atoms with Gasteiger partial charge in [-0.1, -0.05) is 6.07 Å². The fraction of sp³-hybridized carbons (Fsp3) is 0.385. The van der Waals surface area contributed by atoms with Gasteiger partial charge in [-0.25, -0.2) is 0 Å². The number of carbonyl (C=O) groups excluding carboxylic acids is 1. The lowest BCUT2D eigenvalue weighted by Gasteiger charge is -2.14. The Morgan fingerprint density at radius 1 is 1.48 bits per heavy atom. The smallest absolute Gasteiger partial charge is 0.305 e. The number of amides is 1. The van der Waals surface area contributed by atoms with E-state index in [2.05, 4.69) is 5.32 Å². The maximum atomic E-state index is 12.2. The summed E-state index contributed by atoms with van der Waals surface area (Å²) in [6.45, 7) is 3.43. The zero-order valence-corrected chi connectivity index (χ0v) is 11.7. The highest BCUT2D eigenvalue weighted by Gasteiger charge is 2.26. The molecule has 0 radical (unpaired) electrons. The van der Waals surface area contributed by atoms with E-state index < -0.39 is 22.8 Å². The Hall–Kier alpha value is -2.64. The van der Waals surface area contributed by atoms with Gasteiger partial charge in [0.2, 0.25) is 0 Å². The number of benzene rings is 1. The quantitative estimate of drug-likeness (QED) is 0.582. The molecule has 0 aliphatic carbocycles. The van der Waals surface area contributed by atoms with Crippen molar-refractivity contribution in [2.24, 2.45) is 0 Å². The number of nitro groups is 1. The van der Waals surface area contributed by atoms with Gasteiger partial charge in [0, 0.05) is 12.1 Å². The molecule has 1 atom stereocenters. The highest BCUT2D eigenvalue weighted by atomic mass is 16.6. The first-order chi connectivity index (χ1) is 9.86. The Balaban J connectivity index is 3.10. The van der Waals surface area contributed by atoms with E-state index in [1.165, 1.54) is 25.1 Å². The third-order valence-corrected chi connectivity index (χ3v) is 2.59. The van der Waals surface area contributed by atoms with Gasteiger partial charge < -0.3 is 15.2 Å². The molecule has 8 nitrogen and oxygen atoms in total. The fourth-order valence-corrected chi connectivity index (χ4v) is 1.78. The molecule has 0 aliphatic heterocycles. The Labute approximate surface area is 120 Å². The monoisotopic (exact) mass is 296 g/mol. The summed E-state index contributed by atoms with van der Waals surface area (Å²) in [5.74, 6) is -1.72. The summed E-state index contributed by atoms with van der Waals surface area (Å²) in [7, 11) is 0. The number of nitrogens with one attached hydrogen (secondary N) is 1. The van der Waals surface area contributed by atoms with Crippen molar-refractivity contribution in [3.63, 3.8) is 0 Å². The summed E-state index contributed by atoms with van der Waals surface area (Å²) in [5, 5.41) is 22.1. The number of ether oxygens (including phenoxy) is 1. The average molecular weight is 296 g/mol. The van der Waals surface area contributed by atoms with Crippen LogP contribution in [0.25, 0.3) is 0 Å². The molecule has 0 saturated heterocycles. The first-order valence-electron chi connectivity index (χ1n) is 6.29. The first-order valence-corrected chi connectivity index (χ1v) is 6.29. The minimum atomic E-state index is -1.07. The zero-order chi connectivity index (χ0) is 16.0. The van der Waals surface area contributed by atoms with E-state index in [-0.39, 0.29) is 30.0 Å². The predicted molar refractivity (Wildman–Crippen MR) is 73.4 cm³/mol. The second-order valence-electron chi connectivity index (χ2n) is 4.31. The van der Waals surface area contributed by atoms with Crippen LogP contribution >= 0.6 is 0 Å². The molecule has 0 bridgehead atoms. The van der Waals surface area contributed by atoms with E-state index >= 15 is 0 Å². The van der Waals surface area contributed by atoms with Crippen LogP contribution in [-0.4, -0.2) is 34.6 Å². The second-order valence-corrected chi connectivity index (χ2v) is 4.31. The van der Waals surface area contributed by atoms with Crippen LogP contribution in [0, 0.1) is 10.1 Å². The molecule has 1 amide bonds. The Bertz CT molecular complexity index is 558. The maximum Gasteiger partial charge on any atom is 0.305 e. The van der Waals surface area contributed by atoms with E-state index in [4.69, 9.17) is 9.84 Å². The summed E-state index contributed by atoms with van der Waals surface area (Å²) in [6.07, 6.45) is -0.281. The summed E-state index contributed by atoms with van der Waals surface area (Å²) in [5.41, 5.74) is -0.595. The average Bonchev–Trinajstić information content (AvgIpc) is 2.37. The third-order valence-electron chi connectivity index (χ3n) is 2.59. The number of hydrogen-bond donors (Lipinski definition) is 2. The molecule has 1 aromatic carbocycles. The molecule has 0 saturated carbocycles. The Morgan fingerprint density at radius 2 is 2.14 bits per heavy atom. The van der Waals surface area contributed by atoms with Crippen LogP contribution in [0.3, 0.4) is 0 Å². The summed E-state index contributed by atoms with van der Waals surface area (Å²) >= 11 is 0. The molecule has 114 valence electrons. The molecule has 1 rings (SSSR count). The van der Waals surface area contributed by atoms with Gasteiger partial charge in [-0.2, -0.15) is 0 Å². The number of carboxylic acid groups (broad SMARTS) is 1. The normalized spacial score (nSPS) is 11.5. The Kier molecular flexibility index (Phi) is 5.65. The summed E-state index contributed by atoms with van der Waals surface area (Å²) in [6, 6.07) is 3.40. The lowest BCUT2D eigenvalue weighted by molar-refractivity contribution is -0.385. The highest BCUT2D eigenvalue weighted by Crippen LogP contribution is 2.28. The molecular formula is C13H16N2O6. The molecule has 0 fully saturated rings. The lowest BCUT2D eigenvalue weighted by Crippen LogP contribution is -2.34. The van der Waals surface area contributed by atoms with E-state index in [0.717, 1.165) is 0 Å². The lowest BCUT2D eigenvalue weighted by atomic mass is 10.1. The summed E-state index contributed by atoms with van der Waals surface area (Å²) in [4.78, 5) is 33.1. The minimum absolute atomic E-state index is 0.0896. The standard InChI is InChI=1S/C13H16N2O6/c1-3-21-10-6-4-5-9(15(19)20)12(10)13(18)14-8(2)7-11(16)17/h4-6,8H,3,7H2,1-2H3,(H,14,18)(H,16,17). The third kappa shape index (κ3) is 4.44. The van der Waals surface area contributed by atoms with Gasteiger partial charge in [0.25, 0.3) is 11.6 Å². The molecule has 1 aromatic rings. The van der Waals surface area contributed by atoms with Crippen molar-refractivity contribution < 1.29 is 24.4 Å². The first kappa shape index (κ1) is 16.4. The van der Waals surface area contributed by atoms with E-state index in [1.807, 2.05) is 0 Å². The number of carbonyl (C=O) groups is 2.